The summed E-state index contributed by atoms with van der Waals surface area (Å²) in [6.07, 6.45) is 2.45. The van der Waals surface area contributed by atoms with Gasteiger partial charge < -0.3 is 20.1 Å². The Kier molecular flexibility index (Phi) is 5.27. The van der Waals surface area contributed by atoms with E-state index >= 15 is 0 Å². The van der Waals surface area contributed by atoms with Crippen molar-refractivity contribution in [2.45, 2.75) is 25.8 Å². The Morgan fingerprint density at radius 2 is 1.84 bits per heavy atom. The number of rotatable bonds is 7. The molecule has 0 aliphatic heterocycles. The average molecular weight is 280 g/mol. The minimum Gasteiger partial charge on any atom is -0.494 e. The predicted molar refractivity (Wildman–Crippen MR) is 79.9 cm³/mol. The first-order valence-electron chi connectivity index (χ1n) is 6.68. The topological polar surface area (TPSA) is 42.5 Å². The lowest BCUT2D eigenvalue weighted by Crippen LogP contribution is -2.38. The molecule has 0 saturated heterocycles. The fourth-order valence-corrected chi connectivity index (χ4v) is 1.87. The van der Waals surface area contributed by atoms with Crippen molar-refractivity contribution in [3.05, 3.63) is 24.3 Å². The fourth-order valence-electron chi connectivity index (χ4n) is 1.60. The highest BCUT2D eigenvalue weighted by Gasteiger charge is 2.21. The lowest BCUT2D eigenvalue weighted by molar-refractivity contribution is 0.318. The average Bonchev–Trinajstić information content (AvgIpc) is 3.21. The Morgan fingerprint density at radius 3 is 2.42 bits per heavy atom. The van der Waals surface area contributed by atoms with Gasteiger partial charge in [0, 0.05) is 6.04 Å². The van der Waals surface area contributed by atoms with E-state index in [9.17, 15) is 0 Å². The first-order chi connectivity index (χ1) is 9.28. The number of hydrogen-bond acceptors (Lipinski definition) is 3. The molecule has 104 valence electrons. The van der Waals surface area contributed by atoms with Crippen LogP contribution in [0.25, 0.3) is 0 Å². The highest BCUT2D eigenvalue weighted by molar-refractivity contribution is 7.80. The van der Waals surface area contributed by atoms with Gasteiger partial charge in [0.2, 0.25) is 0 Å². The van der Waals surface area contributed by atoms with Crippen molar-refractivity contribution in [3.63, 3.8) is 0 Å². The largest absolute Gasteiger partial charge is 0.494 e. The Morgan fingerprint density at radius 1 is 1.21 bits per heavy atom. The lowest BCUT2D eigenvalue weighted by atomic mass is 10.3. The van der Waals surface area contributed by atoms with Crippen molar-refractivity contribution in [3.8, 4) is 11.5 Å². The molecule has 1 fully saturated rings. The standard InChI is InChI=1S/C14H20N2O2S/c1-2-17-12-5-7-13(8-6-12)18-10-9-15-14(19)16-11-3-4-11/h5-8,11H,2-4,9-10H2,1H3,(H2,15,16,19). The van der Waals surface area contributed by atoms with Crippen LogP contribution in [0.4, 0.5) is 0 Å². The van der Waals surface area contributed by atoms with E-state index in [-0.39, 0.29) is 0 Å². The molecule has 0 bridgehead atoms. The van der Waals surface area contributed by atoms with Crippen LogP contribution in [0.5, 0.6) is 11.5 Å². The molecule has 0 amide bonds. The van der Waals surface area contributed by atoms with Crippen LogP contribution in [0.15, 0.2) is 24.3 Å². The van der Waals surface area contributed by atoms with E-state index in [1.807, 2.05) is 31.2 Å². The maximum atomic E-state index is 5.60. The summed E-state index contributed by atoms with van der Waals surface area (Å²) in [5.74, 6) is 1.70. The Bertz CT molecular complexity index is 404. The van der Waals surface area contributed by atoms with Crippen molar-refractivity contribution in [2.24, 2.45) is 0 Å². The second kappa shape index (κ2) is 7.19. The van der Waals surface area contributed by atoms with Crippen molar-refractivity contribution in [2.75, 3.05) is 19.8 Å². The number of ether oxygens (including phenoxy) is 2. The quantitative estimate of drug-likeness (QED) is 0.591. The third-order valence-corrected chi connectivity index (χ3v) is 2.97. The molecule has 1 saturated carbocycles. The summed E-state index contributed by atoms with van der Waals surface area (Å²) in [4.78, 5) is 0. The smallest absolute Gasteiger partial charge is 0.166 e. The highest BCUT2D eigenvalue weighted by Crippen LogP contribution is 2.18. The second-order valence-corrected chi connectivity index (χ2v) is 4.84. The van der Waals surface area contributed by atoms with Crippen molar-refractivity contribution >= 4 is 17.3 Å². The van der Waals surface area contributed by atoms with Crippen LogP contribution in [0.2, 0.25) is 0 Å². The van der Waals surface area contributed by atoms with Crippen LogP contribution in [0, 0.1) is 0 Å². The molecule has 0 spiro atoms. The van der Waals surface area contributed by atoms with E-state index < -0.39 is 0 Å². The zero-order chi connectivity index (χ0) is 13.5. The van der Waals surface area contributed by atoms with Gasteiger partial charge in [0.1, 0.15) is 18.1 Å². The Balaban J connectivity index is 1.60. The zero-order valence-electron chi connectivity index (χ0n) is 11.1. The van der Waals surface area contributed by atoms with E-state index in [2.05, 4.69) is 10.6 Å². The monoisotopic (exact) mass is 280 g/mol. The minimum atomic E-state index is 0.584. The number of nitrogens with one attached hydrogen (secondary N) is 2. The fraction of sp³-hybridized carbons (Fsp3) is 0.500. The SMILES string of the molecule is CCOc1ccc(OCCNC(=S)NC2CC2)cc1. The third kappa shape index (κ3) is 5.34. The molecular weight excluding hydrogens is 260 g/mol. The van der Waals surface area contributed by atoms with Crippen molar-refractivity contribution in [1.29, 1.82) is 0 Å². The van der Waals surface area contributed by atoms with Crippen LogP contribution in [-0.2, 0) is 0 Å². The first-order valence-corrected chi connectivity index (χ1v) is 7.09. The van der Waals surface area contributed by atoms with Gasteiger partial charge in [0.15, 0.2) is 5.11 Å². The Labute approximate surface area is 119 Å². The summed E-state index contributed by atoms with van der Waals surface area (Å²) in [7, 11) is 0. The molecule has 2 rings (SSSR count). The Hall–Kier alpha value is -1.49. The van der Waals surface area contributed by atoms with E-state index in [0.717, 1.165) is 16.6 Å². The van der Waals surface area contributed by atoms with Gasteiger partial charge in [-0.1, -0.05) is 0 Å². The summed E-state index contributed by atoms with van der Waals surface area (Å²) in [6.45, 7) is 3.93. The van der Waals surface area contributed by atoms with Crippen LogP contribution in [0.1, 0.15) is 19.8 Å². The number of hydrogen-bond donors (Lipinski definition) is 2. The van der Waals surface area contributed by atoms with Gasteiger partial charge >= 0.3 is 0 Å². The minimum absolute atomic E-state index is 0.584. The normalized spacial score (nSPS) is 13.7. The van der Waals surface area contributed by atoms with Crippen LogP contribution in [0.3, 0.4) is 0 Å². The third-order valence-electron chi connectivity index (χ3n) is 2.70. The van der Waals surface area contributed by atoms with E-state index in [4.69, 9.17) is 21.7 Å². The van der Waals surface area contributed by atoms with Gasteiger partial charge in [-0.25, -0.2) is 0 Å². The molecule has 1 aromatic carbocycles. The van der Waals surface area contributed by atoms with Gasteiger partial charge in [-0.05, 0) is 56.2 Å². The molecule has 19 heavy (non-hydrogen) atoms. The molecule has 1 aliphatic rings. The van der Waals surface area contributed by atoms with Crippen molar-refractivity contribution < 1.29 is 9.47 Å². The second-order valence-electron chi connectivity index (χ2n) is 4.43. The zero-order valence-corrected chi connectivity index (χ0v) is 12.0. The van der Waals surface area contributed by atoms with Gasteiger partial charge in [0.25, 0.3) is 0 Å². The van der Waals surface area contributed by atoms with E-state index in [1.165, 1.54) is 12.8 Å². The van der Waals surface area contributed by atoms with Gasteiger partial charge in [-0.3, -0.25) is 0 Å². The summed E-state index contributed by atoms with van der Waals surface area (Å²) in [5.41, 5.74) is 0. The van der Waals surface area contributed by atoms with Crippen LogP contribution >= 0.6 is 12.2 Å². The highest BCUT2D eigenvalue weighted by atomic mass is 32.1. The molecule has 0 radical (unpaired) electrons. The molecule has 0 heterocycles. The van der Waals surface area contributed by atoms with Crippen molar-refractivity contribution in [1.82, 2.24) is 10.6 Å². The van der Waals surface area contributed by atoms with Crippen LogP contribution in [-0.4, -0.2) is 30.9 Å². The number of thiocarbonyl (C=S) groups is 1. The maximum Gasteiger partial charge on any atom is 0.166 e. The summed E-state index contributed by atoms with van der Waals surface area (Å²) in [6, 6.07) is 8.22. The summed E-state index contributed by atoms with van der Waals surface area (Å²) >= 11 is 5.15. The van der Waals surface area contributed by atoms with Gasteiger partial charge in [-0.2, -0.15) is 0 Å². The molecule has 1 aromatic rings. The summed E-state index contributed by atoms with van der Waals surface area (Å²) < 4.78 is 11.0. The maximum absolute atomic E-state index is 5.60. The molecule has 2 N–H and O–H groups in total. The summed E-state index contributed by atoms with van der Waals surface area (Å²) in [5, 5.41) is 7.07. The predicted octanol–water partition coefficient (Wildman–Crippen LogP) is 2.09. The molecule has 1 aliphatic carbocycles. The molecule has 0 atom stereocenters. The molecule has 4 nitrogen and oxygen atoms in total. The molecule has 5 heteroatoms. The van der Waals surface area contributed by atoms with Gasteiger partial charge in [0.05, 0.1) is 13.2 Å². The molecular formula is C14H20N2O2S. The van der Waals surface area contributed by atoms with E-state index in [0.29, 0.717) is 25.8 Å². The molecule has 0 aromatic heterocycles. The number of benzene rings is 1. The lowest BCUT2D eigenvalue weighted by Gasteiger charge is -2.11. The van der Waals surface area contributed by atoms with E-state index in [1.54, 1.807) is 0 Å². The first kappa shape index (κ1) is 13.9. The van der Waals surface area contributed by atoms with Crippen LogP contribution < -0.4 is 20.1 Å². The molecule has 0 unspecified atom stereocenters. The van der Waals surface area contributed by atoms with Gasteiger partial charge in [-0.15, -0.1) is 0 Å².